The number of urea groups is 1. The third-order valence-corrected chi connectivity index (χ3v) is 1.84. The Hall–Kier alpha value is -1.79. The molecule has 0 saturated heterocycles. The Bertz CT molecular complexity index is 271. The van der Waals surface area contributed by atoms with E-state index in [2.05, 4.69) is 5.32 Å². The number of nitrogens with zero attached hydrogens (tertiary/aromatic N) is 1. The van der Waals surface area contributed by atoms with Crippen molar-refractivity contribution in [2.45, 2.75) is 18.9 Å². The van der Waals surface area contributed by atoms with Gasteiger partial charge >= 0.3 is 18.0 Å². The maximum absolute atomic E-state index is 11.4. The first kappa shape index (κ1) is 11.3. The van der Waals surface area contributed by atoms with Crippen molar-refractivity contribution < 1.29 is 24.6 Å². The lowest BCUT2D eigenvalue weighted by atomic mass is 10.5. The van der Waals surface area contributed by atoms with Crippen LogP contribution in [-0.2, 0) is 9.59 Å². The SMILES string of the molecule is O=C(O)CN(CC(=O)O)C(=O)NC1CC1. The fraction of sp³-hybridized carbons (Fsp3) is 0.625. The average Bonchev–Trinajstić information content (AvgIpc) is 2.85. The van der Waals surface area contributed by atoms with Crippen LogP contribution in [0.2, 0.25) is 0 Å². The molecule has 0 heterocycles. The van der Waals surface area contributed by atoms with E-state index in [9.17, 15) is 14.4 Å². The molecular weight excluding hydrogens is 204 g/mol. The molecule has 0 radical (unpaired) electrons. The molecule has 0 bridgehead atoms. The molecule has 1 rings (SSSR count). The molecule has 1 aliphatic rings. The van der Waals surface area contributed by atoms with E-state index >= 15 is 0 Å². The highest BCUT2D eigenvalue weighted by atomic mass is 16.4. The fourth-order valence-electron chi connectivity index (χ4n) is 1.02. The van der Waals surface area contributed by atoms with Crippen molar-refractivity contribution in [3.05, 3.63) is 0 Å². The summed E-state index contributed by atoms with van der Waals surface area (Å²) in [5.41, 5.74) is 0. The van der Waals surface area contributed by atoms with Crippen molar-refractivity contribution in [3.63, 3.8) is 0 Å². The van der Waals surface area contributed by atoms with Crippen LogP contribution in [0.1, 0.15) is 12.8 Å². The maximum Gasteiger partial charge on any atom is 0.323 e. The lowest BCUT2D eigenvalue weighted by molar-refractivity contribution is -0.140. The first-order chi connectivity index (χ1) is 6.99. The number of hydrogen-bond acceptors (Lipinski definition) is 3. The standard InChI is InChI=1S/C8H12N2O5/c11-6(12)3-10(4-7(13)14)8(15)9-5-1-2-5/h5H,1-4H2,(H,9,15)(H,11,12)(H,13,14). The molecule has 0 aromatic carbocycles. The zero-order valence-electron chi connectivity index (χ0n) is 7.97. The lowest BCUT2D eigenvalue weighted by Gasteiger charge is -2.18. The van der Waals surface area contributed by atoms with E-state index < -0.39 is 31.1 Å². The molecule has 0 aliphatic heterocycles. The van der Waals surface area contributed by atoms with E-state index in [4.69, 9.17) is 10.2 Å². The summed E-state index contributed by atoms with van der Waals surface area (Å²) in [6, 6.07) is -0.565. The highest BCUT2D eigenvalue weighted by molar-refractivity contribution is 5.84. The highest BCUT2D eigenvalue weighted by Gasteiger charge is 2.27. The van der Waals surface area contributed by atoms with Gasteiger partial charge in [-0.05, 0) is 12.8 Å². The molecule has 7 nitrogen and oxygen atoms in total. The van der Waals surface area contributed by atoms with Crippen LogP contribution in [0.3, 0.4) is 0 Å². The molecule has 0 unspecified atom stereocenters. The van der Waals surface area contributed by atoms with Crippen LogP contribution >= 0.6 is 0 Å². The summed E-state index contributed by atoms with van der Waals surface area (Å²) >= 11 is 0. The van der Waals surface area contributed by atoms with Gasteiger partial charge in [0.1, 0.15) is 13.1 Å². The molecule has 0 aromatic heterocycles. The number of nitrogens with one attached hydrogen (secondary N) is 1. The second-order valence-corrected chi connectivity index (χ2v) is 3.37. The minimum atomic E-state index is -1.23. The van der Waals surface area contributed by atoms with Crippen LogP contribution in [-0.4, -0.2) is 52.2 Å². The van der Waals surface area contributed by atoms with E-state index in [-0.39, 0.29) is 6.04 Å². The fourth-order valence-corrected chi connectivity index (χ4v) is 1.02. The van der Waals surface area contributed by atoms with Crippen molar-refractivity contribution in [1.82, 2.24) is 10.2 Å². The smallest absolute Gasteiger partial charge is 0.323 e. The Labute approximate surface area is 85.7 Å². The third kappa shape index (κ3) is 4.30. The van der Waals surface area contributed by atoms with Crippen LogP contribution in [0.15, 0.2) is 0 Å². The second kappa shape index (κ2) is 4.63. The molecule has 15 heavy (non-hydrogen) atoms. The van der Waals surface area contributed by atoms with Gasteiger partial charge in [-0.2, -0.15) is 0 Å². The summed E-state index contributed by atoms with van der Waals surface area (Å²) in [6.45, 7) is -1.21. The number of rotatable bonds is 5. The van der Waals surface area contributed by atoms with Gasteiger partial charge in [0, 0.05) is 6.04 Å². The van der Waals surface area contributed by atoms with Crippen LogP contribution in [0.25, 0.3) is 0 Å². The Morgan fingerprint density at radius 2 is 1.60 bits per heavy atom. The van der Waals surface area contributed by atoms with Crippen LogP contribution < -0.4 is 5.32 Å². The number of amides is 2. The predicted molar refractivity (Wildman–Crippen MR) is 48.4 cm³/mol. The van der Waals surface area contributed by atoms with Gasteiger partial charge in [0.15, 0.2) is 0 Å². The summed E-state index contributed by atoms with van der Waals surface area (Å²) in [5.74, 6) is -2.47. The molecular formula is C8H12N2O5. The number of carbonyl (C=O) groups excluding carboxylic acids is 1. The van der Waals surface area contributed by atoms with Gasteiger partial charge in [0.05, 0.1) is 0 Å². The monoisotopic (exact) mass is 216 g/mol. The van der Waals surface area contributed by atoms with E-state index in [1.807, 2.05) is 0 Å². The van der Waals surface area contributed by atoms with Crippen LogP contribution in [0.4, 0.5) is 4.79 Å². The number of aliphatic carboxylic acids is 2. The van der Waals surface area contributed by atoms with Gasteiger partial charge < -0.3 is 20.4 Å². The van der Waals surface area contributed by atoms with Crippen molar-refractivity contribution in [3.8, 4) is 0 Å². The Morgan fingerprint density at radius 3 is 1.93 bits per heavy atom. The molecule has 1 fully saturated rings. The van der Waals surface area contributed by atoms with Gasteiger partial charge in [-0.15, -0.1) is 0 Å². The Kier molecular flexibility index (Phi) is 3.48. The molecule has 0 aromatic rings. The normalized spacial score (nSPS) is 14.4. The molecule has 3 N–H and O–H groups in total. The van der Waals surface area contributed by atoms with Crippen molar-refractivity contribution in [2.24, 2.45) is 0 Å². The molecule has 1 saturated carbocycles. The van der Waals surface area contributed by atoms with Gasteiger partial charge in [0.2, 0.25) is 0 Å². The quantitative estimate of drug-likeness (QED) is 0.565. The topological polar surface area (TPSA) is 107 Å². The third-order valence-electron chi connectivity index (χ3n) is 1.84. The predicted octanol–water partition coefficient (Wildman–Crippen LogP) is -0.670. The van der Waals surface area contributed by atoms with Crippen molar-refractivity contribution in [2.75, 3.05) is 13.1 Å². The number of hydrogen-bond donors (Lipinski definition) is 3. The summed E-state index contributed by atoms with van der Waals surface area (Å²) in [5, 5.41) is 19.5. The van der Waals surface area contributed by atoms with Gasteiger partial charge in [0.25, 0.3) is 0 Å². The lowest BCUT2D eigenvalue weighted by Crippen LogP contribution is -2.45. The first-order valence-corrected chi connectivity index (χ1v) is 4.48. The van der Waals surface area contributed by atoms with E-state index in [1.54, 1.807) is 0 Å². The minimum Gasteiger partial charge on any atom is -0.480 e. The first-order valence-electron chi connectivity index (χ1n) is 4.48. The zero-order valence-corrected chi connectivity index (χ0v) is 7.97. The number of carboxylic acid groups (broad SMARTS) is 2. The largest absolute Gasteiger partial charge is 0.480 e. The zero-order chi connectivity index (χ0) is 11.4. The molecule has 1 aliphatic carbocycles. The van der Waals surface area contributed by atoms with Gasteiger partial charge in [-0.1, -0.05) is 0 Å². The van der Waals surface area contributed by atoms with Gasteiger partial charge in [-0.3, -0.25) is 9.59 Å². The molecule has 0 atom stereocenters. The molecule has 7 heteroatoms. The molecule has 84 valence electrons. The molecule has 2 amide bonds. The summed E-state index contributed by atoms with van der Waals surface area (Å²) in [4.78, 5) is 32.9. The molecule has 0 spiro atoms. The maximum atomic E-state index is 11.4. The van der Waals surface area contributed by atoms with Crippen molar-refractivity contribution in [1.29, 1.82) is 0 Å². The number of carbonyl (C=O) groups is 3. The Morgan fingerprint density at radius 1 is 1.13 bits per heavy atom. The summed E-state index contributed by atoms with van der Waals surface area (Å²) < 4.78 is 0. The van der Waals surface area contributed by atoms with Crippen LogP contribution in [0, 0.1) is 0 Å². The minimum absolute atomic E-state index is 0.0718. The highest BCUT2D eigenvalue weighted by Crippen LogP contribution is 2.18. The van der Waals surface area contributed by atoms with Gasteiger partial charge in [-0.25, -0.2) is 4.79 Å². The number of carboxylic acids is 2. The second-order valence-electron chi connectivity index (χ2n) is 3.37. The summed E-state index contributed by atoms with van der Waals surface area (Å²) in [6.07, 6.45) is 1.72. The van der Waals surface area contributed by atoms with E-state index in [0.717, 1.165) is 17.7 Å². The van der Waals surface area contributed by atoms with E-state index in [1.165, 1.54) is 0 Å². The Balaban J connectivity index is 2.48. The average molecular weight is 216 g/mol. The summed E-state index contributed by atoms with van der Waals surface area (Å²) in [7, 11) is 0. The van der Waals surface area contributed by atoms with E-state index in [0.29, 0.717) is 0 Å². The van der Waals surface area contributed by atoms with Crippen molar-refractivity contribution >= 4 is 18.0 Å². The van der Waals surface area contributed by atoms with Crippen LogP contribution in [0.5, 0.6) is 0 Å².